The van der Waals surface area contributed by atoms with Crippen LogP contribution in [0.5, 0.6) is 11.5 Å². The molecular formula is C16H24N2O6S. The third-order valence-electron chi connectivity index (χ3n) is 3.89. The fourth-order valence-corrected chi connectivity index (χ4v) is 3.44. The summed E-state index contributed by atoms with van der Waals surface area (Å²) in [6.07, 6.45) is 2.89. The minimum atomic E-state index is -3.70. The fraction of sp³-hybridized carbons (Fsp3) is 0.562. The third kappa shape index (κ3) is 5.23. The molecule has 0 unspecified atom stereocenters. The molecule has 2 rings (SSSR count). The van der Waals surface area contributed by atoms with E-state index < -0.39 is 15.9 Å². The lowest BCUT2D eigenvalue weighted by atomic mass is 10.2. The van der Waals surface area contributed by atoms with E-state index in [1.807, 2.05) is 0 Å². The minimum absolute atomic E-state index is 0.0120. The van der Waals surface area contributed by atoms with Gasteiger partial charge < -0.3 is 19.5 Å². The number of nitrogens with zero attached hydrogens (tertiary/aromatic N) is 1. The molecule has 0 radical (unpaired) electrons. The van der Waals surface area contributed by atoms with Gasteiger partial charge in [-0.2, -0.15) is 0 Å². The van der Waals surface area contributed by atoms with Gasteiger partial charge in [0.05, 0.1) is 32.3 Å². The molecule has 1 aliphatic rings. The maximum Gasteiger partial charge on any atom is 0.240 e. The Morgan fingerprint density at radius 2 is 2.12 bits per heavy atom. The van der Waals surface area contributed by atoms with Crippen LogP contribution in [0.1, 0.15) is 12.8 Å². The van der Waals surface area contributed by atoms with Gasteiger partial charge in [-0.25, -0.2) is 8.42 Å². The van der Waals surface area contributed by atoms with E-state index in [1.54, 1.807) is 12.1 Å². The lowest BCUT2D eigenvalue weighted by Gasteiger charge is -2.24. The molecule has 0 bridgehead atoms. The summed E-state index contributed by atoms with van der Waals surface area (Å²) in [7, 11) is -0.792. The van der Waals surface area contributed by atoms with Crippen molar-refractivity contribution in [1.82, 2.24) is 5.32 Å². The van der Waals surface area contributed by atoms with E-state index in [1.165, 1.54) is 20.3 Å². The quantitative estimate of drug-likeness (QED) is 0.724. The second kappa shape index (κ2) is 8.39. The molecule has 0 spiro atoms. The zero-order valence-corrected chi connectivity index (χ0v) is 15.5. The molecule has 0 aromatic heterocycles. The molecule has 1 amide bonds. The van der Waals surface area contributed by atoms with Crippen molar-refractivity contribution in [3.63, 3.8) is 0 Å². The van der Waals surface area contributed by atoms with Gasteiger partial charge in [0.15, 0.2) is 0 Å². The zero-order valence-electron chi connectivity index (χ0n) is 14.6. The lowest BCUT2D eigenvalue weighted by molar-refractivity contribution is -0.120. The highest BCUT2D eigenvalue weighted by Crippen LogP contribution is 2.33. The van der Waals surface area contributed by atoms with Crippen LogP contribution < -0.4 is 19.1 Å². The summed E-state index contributed by atoms with van der Waals surface area (Å²) in [6.45, 7) is 0.706. The van der Waals surface area contributed by atoms with Crippen LogP contribution in [0.25, 0.3) is 0 Å². The Bertz CT molecular complexity index is 701. The molecule has 0 saturated carbocycles. The second-order valence-electron chi connectivity index (χ2n) is 5.75. The van der Waals surface area contributed by atoms with E-state index in [9.17, 15) is 13.2 Å². The Morgan fingerprint density at radius 1 is 1.36 bits per heavy atom. The normalized spacial score (nSPS) is 17.2. The maximum atomic E-state index is 12.2. The number of rotatable bonds is 8. The van der Waals surface area contributed by atoms with Crippen LogP contribution >= 0.6 is 0 Å². The van der Waals surface area contributed by atoms with E-state index in [2.05, 4.69) is 5.32 Å². The molecule has 1 fully saturated rings. The van der Waals surface area contributed by atoms with Crippen molar-refractivity contribution in [3.8, 4) is 11.5 Å². The smallest absolute Gasteiger partial charge is 0.240 e. The number of sulfonamides is 1. The predicted octanol–water partition coefficient (Wildman–Crippen LogP) is 0.765. The fourth-order valence-electron chi connectivity index (χ4n) is 2.59. The number of hydrogen-bond donors (Lipinski definition) is 1. The van der Waals surface area contributed by atoms with Crippen LogP contribution in [-0.4, -0.2) is 60.6 Å². The molecule has 1 saturated heterocycles. The summed E-state index contributed by atoms with van der Waals surface area (Å²) in [4.78, 5) is 12.2. The van der Waals surface area contributed by atoms with Gasteiger partial charge in [0.2, 0.25) is 15.9 Å². The van der Waals surface area contributed by atoms with E-state index in [-0.39, 0.29) is 18.3 Å². The van der Waals surface area contributed by atoms with Crippen molar-refractivity contribution < 1.29 is 27.4 Å². The predicted molar refractivity (Wildman–Crippen MR) is 93.7 cm³/mol. The standard InChI is InChI=1S/C16H24N2O6S/c1-22-12-6-7-15(23-2)14(9-12)18(25(3,20)21)11-16(19)17-10-13-5-4-8-24-13/h6-7,9,13H,4-5,8,10-11H2,1-3H3,(H,17,19)/t13-/m1/s1. The van der Waals surface area contributed by atoms with Crippen LogP contribution in [-0.2, 0) is 19.6 Å². The molecule has 8 nitrogen and oxygen atoms in total. The topological polar surface area (TPSA) is 94.2 Å². The number of benzene rings is 1. The van der Waals surface area contributed by atoms with E-state index in [0.717, 1.165) is 23.4 Å². The summed E-state index contributed by atoms with van der Waals surface area (Å²) >= 11 is 0. The van der Waals surface area contributed by atoms with Gasteiger partial charge in [0.25, 0.3) is 0 Å². The van der Waals surface area contributed by atoms with Crippen molar-refractivity contribution in [2.75, 3.05) is 44.5 Å². The van der Waals surface area contributed by atoms with Gasteiger partial charge in [-0.1, -0.05) is 0 Å². The Morgan fingerprint density at radius 3 is 2.68 bits per heavy atom. The van der Waals surface area contributed by atoms with Gasteiger partial charge in [0, 0.05) is 19.2 Å². The maximum absolute atomic E-state index is 12.2. The number of ether oxygens (including phenoxy) is 3. The molecule has 1 aliphatic heterocycles. The van der Waals surface area contributed by atoms with Gasteiger partial charge in [0.1, 0.15) is 18.0 Å². The molecule has 1 N–H and O–H groups in total. The molecule has 1 atom stereocenters. The number of carbonyl (C=O) groups is 1. The number of nitrogens with one attached hydrogen (secondary N) is 1. The third-order valence-corrected chi connectivity index (χ3v) is 5.02. The van der Waals surface area contributed by atoms with Crippen molar-refractivity contribution in [2.24, 2.45) is 0 Å². The Hall–Kier alpha value is -2.00. The molecule has 1 heterocycles. The Kier molecular flexibility index (Phi) is 6.49. The van der Waals surface area contributed by atoms with Crippen molar-refractivity contribution >= 4 is 21.6 Å². The van der Waals surface area contributed by atoms with Crippen LogP contribution in [0.4, 0.5) is 5.69 Å². The number of anilines is 1. The first-order valence-electron chi connectivity index (χ1n) is 7.93. The van der Waals surface area contributed by atoms with Gasteiger partial charge in [-0.3, -0.25) is 9.10 Å². The summed E-state index contributed by atoms with van der Waals surface area (Å²) < 4.78 is 41.3. The summed E-state index contributed by atoms with van der Waals surface area (Å²) in [5.41, 5.74) is 0.247. The molecule has 1 aromatic carbocycles. The molecule has 9 heteroatoms. The number of amides is 1. The van der Waals surface area contributed by atoms with Crippen molar-refractivity contribution in [1.29, 1.82) is 0 Å². The first-order valence-corrected chi connectivity index (χ1v) is 9.78. The highest BCUT2D eigenvalue weighted by atomic mass is 32.2. The Balaban J connectivity index is 2.17. The summed E-state index contributed by atoms with van der Waals surface area (Å²) in [6, 6.07) is 4.77. The first kappa shape index (κ1) is 19.3. The van der Waals surface area contributed by atoms with Crippen LogP contribution in [0.15, 0.2) is 18.2 Å². The monoisotopic (exact) mass is 372 g/mol. The molecule has 25 heavy (non-hydrogen) atoms. The number of hydrogen-bond acceptors (Lipinski definition) is 6. The lowest BCUT2D eigenvalue weighted by Crippen LogP contribution is -2.42. The highest BCUT2D eigenvalue weighted by Gasteiger charge is 2.25. The number of carbonyl (C=O) groups excluding carboxylic acids is 1. The van der Waals surface area contributed by atoms with Crippen LogP contribution in [0.2, 0.25) is 0 Å². The second-order valence-corrected chi connectivity index (χ2v) is 7.65. The SMILES string of the molecule is COc1ccc(OC)c(N(CC(=O)NC[C@H]2CCCO2)S(C)(=O)=O)c1. The first-order chi connectivity index (χ1) is 11.8. The molecular weight excluding hydrogens is 348 g/mol. The minimum Gasteiger partial charge on any atom is -0.497 e. The Labute approximate surface area is 148 Å². The van der Waals surface area contributed by atoms with E-state index >= 15 is 0 Å². The molecule has 0 aliphatic carbocycles. The summed E-state index contributed by atoms with van der Waals surface area (Å²) in [5.74, 6) is 0.383. The van der Waals surface area contributed by atoms with Crippen LogP contribution in [0, 0.1) is 0 Å². The zero-order chi connectivity index (χ0) is 18.4. The molecule has 1 aromatic rings. The van der Waals surface area contributed by atoms with Crippen molar-refractivity contribution in [3.05, 3.63) is 18.2 Å². The van der Waals surface area contributed by atoms with Crippen molar-refractivity contribution in [2.45, 2.75) is 18.9 Å². The largest absolute Gasteiger partial charge is 0.497 e. The van der Waals surface area contributed by atoms with Gasteiger partial charge in [-0.05, 0) is 25.0 Å². The highest BCUT2D eigenvalue weighted by molar-refractivity contribution is 7.92. The van der Waals surface area contributed by atoms with Crippen LogP contribution in [0.3, 0.4) is 0 Å². The van der Waals surface area contributed by atoms with E-state index in [0.29, 0.717) is 24.7 Å². The average Bonchev–Trinajstić information content (AvgIpc) is 3.09. The number of methoxy groups -OCH3 is 2. The van der Waals surface area contributed by atoms with E-state index in [4.69, 9.17) is 14.2 Å². The average molecular weight is 372 g/mol. The summed E-state index contributed by atoms with van der Waals surface area (Å²) in [5, 5.41) is 2.72. The molecule has 140 valence electrons. The van der Waals surface area contributed by atoms with Gasteiger partial charge in [-0.15, -0.1) is 0 Å². The van der Waals surface area contributed by atoms with Gasteiger partial charge >= 0.3 is 0 Å².